The molecule has 1 amide bonds. The summed E-state index contributed by atoms with van der Waals surface area (Å²) in [4.78, 5) is 12.0. The first-order valence-corrected chi connectivity index (χ1v) is 8.69. The Morgan fingerprint density at radius 3 is 2.50 bits per heavy atom. The van der Waals surface area contributed by atoms with Crippen LogP contribution in [0.2, 0.25) is 0 Å². The molecule has 0 heterocycles. The number of benzene rings is 1. The molecule has 1 saturated carbocycles. The fourth-order valence-corrected chi connectivity index (χ4v) is 4.07. The highest BCUT2D eigenvalue weighted by molar-refractivity contribution is 7.99. The number of hydrogen-bond acceptors (Lipinski definition) is 2. The Hall–Kier alpha value is -0.960. The largest absolute Gasteiger partial charge is 0.326 e. The van der Waals surface area contributed by atoms with Crippen LogP contribution >= 0.6 is 11.8 Å². The van der Waals surface area contributed by atoms with Crippen LogP contribution in [0.3, 0.4) is 0 Å². The fourth-order valence-electron chi connectivity index (χ4n) is 2.76. The smallest absolute Gasteiger partial charge is 0.225 e. The van der Waals surface area contributed by atoms with Gasteiger partial charge in [0.25, 0.3) is 0 Å². The molecule has 0 aromatic heterocycles. The van der Waals surface area contributed by atoms with Gasteiger partial charge < -0.3 is 5.32 Å². The monoisotopic (exact) mass is 291 g/mol. The summed E-state index contributed by atoms with van der Waals surface area (Å²) >= 11 is 1.98. The molecule has 2 nitrogen and oxygen atoms in total. The zero-order valence-corrected chi connectivity index (χ0v) is 13.4. The predicted octanol–water partition coefficient (Wildman–Crippen LogP) is 4.70. The molecule has 0 bridgehead atoms. The van der Waals surface area contributed by atoms with Crippen molar-refractivity contribution in [1.29, 1.82) is 0 Å². The van der Waals surface area contributed by atoms with Crippen LogP contribution in [-0.2, 0) is 4.79 Å². The van der Waals surface area contributed by atoms with Gasteiger partial charge >= 0.3 is 0 Å². The predicted molar refractivity (Wildman–Crippen MR) is 88.5 cm³/mol. The summed E-state index contributed by atoms with van der Waals surface area (Å²) in [6, 6.07) is 6.11. The van der Waals surface area contributed by atoms with E-state index in [2.05, 4.69) is 5.32 Å². The second-order valence-electron chi connectivity index (χ2n) is 5.70. The van der Waals surface area contributed by atoms with E-state index in [0.717, 1.165) is 27.8 Å². The second kappa shape index (κ2) is 7.72. The average Bonchev–Trinajstić information content (AvgIpc) is 2.44. The number of rotatable bonds is 5. The molecule has 3 heteroatoms. The van der Waals surface area contributed by atoms with Crippen LogP contribution in [0.15, 0.2) is 18.2 Å². The van der Waals surface area contributed by atoms with Crippen molar-refractivity contribution < 1.29 is 4.79 Å². The van der Waals surface area contributed by atoms with Crippen molar-refractivity contribution in [3.05, 3.63) is 29.3 Å². The second-order valence-corrected chi connectivity index (χ2v) is 7.10. The first kappa shape index (κ1) is 15.4. The lowest BCUT2D eigenvalue weighted by Crippen LogP contribution is -2.15. The highest BCUT2D eigenvalue weighted by Gasteiger charge is 2.14. The van der Waals surface area contributed by atoms with Crippen molar-refractivity contribution in [1.82, 2.24) is 0 Å². The molecule has 2 rings (SSSR count). The standard InChI is InChI=1S/C17H25NOS/c1-13-7-6-8-14(2)17(13)18-16(19)11-12-20-15-9-4-3-5-10-15/h6-8,15H,3-5,9-12H2,1-2H3,(H,18,19). The summed E-state index contributed by atoms with van der Waals surface area (Å²) in [6.07, 6.45) is 7.42. The molecule has 110 valence electrons. The Kier molecular flexibility index (Phi) is 5.96. The first-order chi connectivity index (χ1) is 9.66. The van der Waals surface area contributed by atoms with Gasteiger partial charge in [0.2, 0.25) is 5.91 Å². The molecule has 20 heavy (non-hydrogen) atoms. The molecule has 1 fully saturated rings. The number of aryl methyl sites for hydroxylation is 2. The SMILES string of the molecule is Cc1cccc(C)c1NC(=O)CCSC1CCCCC1. The first-order valence-electron chi connectivity index (χ1n) is 7.64. The van der Waals surface area contributed by atoms with E-state index in [1.165, 1.54) is 32.1 Å². The Bertz CT molecular complexity index is 432. The molecule has 1 aliphatic carbocycles. The third-order valence-corrected chi connectivity index (χ3v) is 5.36. The Morgan fingerprint density at radius 2 is 1.85 bits per heavy atom. The van der Waals surface area contributed by atoms with E-state index < -0.39 is 0 Å². The molecule has 0 saturated heterocycles. The molecule has 0 atom stereocenters. The lowest BCUT2D eigenvalue weighted by molar-refractivity contribution is -0.115. The third kappa shape index (κ3) is 4.55. The van der Waals surface area contributed by atoms with Gasteiger partial charge in [-0.2, -0.15) is 11.8 Å². The van der Waals surface area contributed by atoms with Crippen molar-refractivity contribution >= 4 is 23.4 Å². The summed E-state index contributed by atoms with van der Waals surface area (Å²) < 4.78 is 0. The number of amides is 1. The molecule has 0 radical (unpaired) electrons. The van der Waals surface area contributed by atoms with Crippen LogP contribution in [0.5, 0.6) is 0 Å². The molecule has 0 aliphatic heterocycles. The maximum absolute atomic E-state index is 12.0. The highest BCUT2D eigenvalue weighted by Crippen LogP contribution is 2.28. The lowest BCUT2D eigenvalue weighted by atomic mass is 10.0. The van der Waals surface area contributed by atoms with Crippen molar-refractivity contribution in [3.63, 3.8) is 0 Å². The lowest BCUT2D eigenvalue weighted by Gasteiger charge is -2.20. The van der Waals surface area contributed by atoms with E-state index in [4.69, 9.17) is 0 Å². The summed E-state index contributed by atoms with van der Waals surface area (Å²) in [6.45, 7) is 4.08. The van der Waals surface area contributed by atoms with Gasteiger partial charge in [0, 0.05) is 23.1 Å². The van der Waals surface area contributed by atoms with E-state index >= 15 is 0 Å². The summed E-state index contributed by atoms with van der Waals surface area (Å²) in [7, 11) is 0. The van der Waals surface area contributed by atoms with Crippen LogP contribution in [0.1, 0.15) is 49.7 Å². The molecule has 1 aromatic rings. The number of thioether (sulfide) groups is 1. The van der Waals surface area contributed by atoms with Gasteiger partial charge in [0.05, 0.1) is 0 Å². The number of hydrogen-bond donors (Lipinski definition) is 1. The minimum absolute atomic E-state index is 0.144. The molecular weight excluding hydrogens is 266 g/mol. The van der Waals surface area contributed by atoms with Crippen molar-refractivity contribution in [2.75, 3.05) is 11.1 Å². The fraction of sp³-hybridized carbons (Fsp3) is 0.588. The molecule has 1 N–H and O–H groups in total. The molecule has 0 unspecified atom stereocenters. The van der Waals surface area contributed by atoms with Crippen molar-refractivity contribution in [2.45, 2.75) is 57.6 Å². The van der Waals surface area contributed by atoms with E-state index in [1.807, 2.05) is 43.8 Å². The minimum atomic E-state index is 0.144. The summed E-state index contributed by atoms with van der Waals surface area (Å²) in [5.74, 6) is 1.09. The zero-order chi connectivity index (χ0) is 14.4. The molecular formula is C17H25NOS. The number of anilines is 1. The van der Waals surface area contributed by atoms with Crippen LogP contribution in [0.25, 0.3) is 0 Å². The van der Waals surface area contributed by atoms with Crippen molar-refractivity contribution in [3.8, 4) is 0 Å². The Labute approximate surface area is 126 Å². The van der Waals surface area contributed by atoms with Gasteiger partial charge in [-0.1, -0.05) is 37.5 Å². The van der Waals surface area contributed by atoms with E-state index in [9.17, 15) is 4.79 Å². The normalized spacial score (nSPS) is 16.1. The van der Waals surface area contributed by atoms with Gasteiger partial charge in [0.15, 0.2) is 0 Å². The highest BCUT2D eigenvalue weighted by atomic mass is 32.2. The van der Waals surface area contributed by atoms with Crippen molar-refractivity contribution in [2.24, 2.45) is 0 Å². The zero-order valence-electron chi connectivity index (χ0n) is 12.6. The molecule has 1 aromatic carbocycles. The summed E-state index contributed by atoms with van der Waals surface area (Å²) in [5.41, 5.74) is 3.26. The molecule has 1 aliphatic rings. The maximum Gasteiger partial charge on any atom is 0.225 e. The third-order valence-electron chi connectivity index (χ3n) is 3.98. The average molecular weight is 291 g/mol. The van der Waals surface area contributed by atoms with E-state index in [-0.39, 0.29) is 5.91 Å². The van der Waals surface area contributed by atoms with Crippen LogP contribution in [-0.4, -0.2) is 16.9 Å². The van der Waals surface area contributed by atoms with Gasteiger partial charge in [0.1, 0.15) is 0 Å². The van der Waals surface area contributed by atoms with Gasteiger partial charge in [-0.3, -0.25) is 4.79 Å². The van der Waals surface area contributed by atoms with Gasteiger partial charge in [-0.05, 0) is 37.8 Å². The Morgan fingerprint density at radius 1 is 1.20 bits per heavy atom. The number of carbonyl (C=O) groups is 1. The van der Waals surface area contributed by atoms with Gasteiger partial charge in [-0.25, -0.2) is 0 Å². The van der Waals surface area contributed by atoms with Gasteiger partial charge in [-0.15, -0.1) is 0 Å². The van der Waals surface area contributed by atoms with E-state index in [1.54, 1.807) is 0 Å². The van der Waals surface area contributed by atoms with Crippen LogP contribution in [0, 0.1) is 13.8 Å². The molecule has 0 spiro atoms. The Balaban J connectivity index is 1.75. The van der Waals surface area contributed by atoms with E-state index in [0.29, 0.717) is 6.42 Å². The number of carbonyl (C=O) groups excluding carboxylic acids is 1. The minimum Gasteiger partial charge on any atom is -0.326 e. The van der Waals surface area contributed by atoms with Crippen LogP contribution < -0.4 is 5.32 Å². The number of para-hydroxylation sites is 1. The van der Waals surface area contributed by atoms with Crippen LogP contribution in [0.4, 0.5) is 5.69 Å². The number of nitrogens with one attached hydrogen (secondary N) is 1. The maximum atomic E-state index is 12.0. The summed E-state index contributed by atoms with van der Waals surface area (Å²) in [5, 5.41) is 3.85. The topological polar surface area (TPSA) is 29.1 Å². The quantitative estimate of drug-likeness (QED) is 0.852.